The zero-order chi connectivity index (χ0) is 50.6. The first-order chi connectivity index (χ1) is 32.5. The van der Waals surface area contributed by atoms with Gasteiger partial charge in [-0.15, -0.1) is 0 Å². The highest BCUT2D eigenvalue weighted by molar-refractivity contribution is 5.99. The maximum absolute atomic E-state index is 14.6. The second-order valence-corrected chi connectivity index (χ2v) is 19.0. The Morgan fingerprint density at radius 3 is 1.78 bits per heavy atom. The molecule has 0 saturated carbocycles. The lowest BCUT2D eigenvalue weighted by molar-refractivity contribution is -0.141. The number of ether oxygens (including phenoxy) is 4. The summed E-state index contributed by atoms with van der Waals surface area (Å²) in [6, 6.07) is 21.4. The molecule has 1 aliphatic heterocycles. The van der Waals surface area contributed by atoms with Crippen molar-refractivity contribution in [3.8, 4) is 33.8 Å². The van der Waals surface area contributed by atoms with Crippen LogP contribution in [0.4, 0.5) is 9.59 Å². The molecule has 5 rings (SSSR count). The van der Waals surface area contributed by atoms with Gasteiger partial charge >= 0.3 is 12.2 Å². The molecule has 0 saturated heterocycles. The molecule has 17 heteroatoms. The zero-order valence-electron chi connectivity index (χ0n) is 41.2. The molecule has 4 aromatic rings. The van der Waals surface area contributed by atoms with Crippen molar-refractivity contribution in [3.63, 3.8) is 0 Å². The van der Waals surface area contributed by atoms with E-state index in [0.29, 0.717) is 40.2 Å². The zero-order valence-corrected chi connectivity index (χ0v) is 41.2. The van der Waals surface area contributed by atoms with Gasteiger partial charge in [-0.25, -0.2) is 9.59 Å². The number of carbonyl (C=O) groups excluding carboxylic acids is 6. The van der Waals surface area contributed by atoms with Crippen LogP contribution in [0.3, 0.4) is 0 Å². The summed E-state index contributed by atoms with van der Waals surface area (Å²) in [6.45, 7) is 15.9. The van der Waals surface area contributed by atoms with Crippen LogP contribution in [0.1, 0.15) is 88.5 Å². The third kappa shape index (κ3) is 15.4. The Hall–Kier alpha value is -7.14. The maximum Gasteiger partial charge on any atom is 0.407 e. The Morgan fingerprint density at radius 1 is 0.725 bits per heavy atom. The first-order valence-corrected chi connectivity index (χ1v) is 23.0. The lowest BCUT2D eigenvalue weighted by atomic mass is 9.93. The summed E-state index contributed by atoms with van der Waals surface area (Å²) in [7, 11) is 1.42. The number of carbonyl (C=O) groups is 6. The normalized spacial score (nSPS) is 16.6. The molecule has 0 radical (unpaired) electrons. The second kappa shape index (κ2) is 23.2. The number of likely N-dealkylation sites (N-methyl/N-ethyl adjacent to an activating group) is 1. The molecule has 6 amide bonds. The van der Waals surface area contributed by atoms with Gasteiger partial charge in [-0.3, -0.25) is 19.2 Å². The third-order valence-corrected chi connectivity index (χ3v) is 10.7. The van der Waals surface area contributed by atoms with Crippen molar-refractivity contribution < 1.29 is 47.7 Å². The molecule has 0 aromatic heterocycles. The summed E-state index contributed by atoms with van der Waals surface area (Å²) in [4.78, 5) is 82.3. The molecule has 4 atom stereocenters. The Balaban J connectivity index is 1.52. The van der Waals surface area contributed by atoms with Crippen molar-refractivity contribution in [1.29, 1.82) is 0 Å². The van der Waals surface area contributed by atoms with Crippen LogP contribution in [0.5, 0.6) is 11.5 Å². The number of fused-ring (bicyclic) bond motifs is 5. The maximum atomic E-state index is 14.6. The lowest BCUT2D eigenvalue weighted by Gasteiger charge is -2.32. The highest BCUT2D eigenvalue weighted by Gasteiger charge is 2.35. The van der Waals surface area contributed by atoms with E-state index in [2.05, 4.69) is 26.6 Å². The predicted molar refractivity (Wildman–Crippen MR) is 263 cm³/mol. The number of nitrogens with zero attached hydrogens (tertiary/aromatic N) is 1. The number of hydrogen-bond donors (Lipinski definition) is 6. The molecule has 0 spiro atoms. The van der Waals surface area contributed by atoms with E-state index in [0.717, 1.165) is 22.3 Å². The van der Waals surface area contributed by atoms with Crippen LogP contribution in [0.25, 0.3) is 22.3 Å². The number of nitrogens with two attached hydrogens (primary N) is 1. The molecule has 17 nitrogen and oxygen atoms in total. The molecular formula is C52H67N7O10. The molecule has 0 fully saturated rings. The van der Waals surface area contributed by atoms with Gasteiger partial charge in [-0.2, -0.15) is 0 Å². The summed E-state index contributed by atoms with van der Waals surface area (Å²) in [5.41, 5.74) is 10.2. The summed E-state index contributed by atoms with van der Waals surface area (Å²) in [5, 5.41) is 13.9. The van der Waals surface area contributed by atoms with Crippen LogP contribution in [0.2, 0.25) is 0 Å². The number of nitrogens with one attached hydrogen (secondary N) is 5. The van der Waals surface area contributed by atoms with Gasteiger partial charge in [0.1, 0.15) is 54.0 Å². The van der Waals surface area contributed by atoms with Gasteiger partial charge < -0.3 is 56.2 Å². The van der Waals surface area contributed by atoms with Gasteiger partial charge in [-0.05, 0) is 127 Å². The summed E-state index contributed by atoms with van der Waals surface area (Å²) in [5.74, 6) is -1.62. The van der Waals surface area contributed by atoms with Crippen LogP contribution in [-0.4, -0.2) is 110 Å². The van der Waals surface area contributed by atoms with Gasteiger partial charge in [0.15, 0.2) is 0 Å². The minimum absolute atomic E-state index is 0.0106. The average Bonchev–Trinajstić information content (AvgIpc) is 3.27. The SMILES string of the molecule is Cc1ccc(-c2ccc(C(=O)N[C@@H](CN)C(=O)N(C)[C@@H]3C(=O)N[C@@H](C)C(=O)N[C@H](C)Cc4ccc(OCCNC(=O)OC(C)(C)C)c(c4)-c4cc3ccc4OCCNC(=O)OC(C)(C)C)cc2)cc1. The third-order valence-electron chi connectivity index (χ3n) is 10.7. The minimum atomic E-state index is -1.37. The molecule has 7 N–H and O–H groups in total. The minimum Gasteiger partial charge on any atom is -0.491 e. The van der Waals surface area contributed by atoms with E-state index in [1.807, 2.05) is 62.4 Å². The Bertz CT molecular complexity index is 2460. The largest absolute Gasteiger partial charge is 0.491 e. The number of rotatable bonds is 14. The smallest absolute Gasteiger partial charge is 0.407 e. The van der Waals surface area contributed by atoms with Gasteiger partial charge in [0.25, 0.3) is 5.91 Å². The average molecular weight is 950 g/mol. The van der Waals surface area contributed by atoms with E-state index in [9.17, 15) is 28.8 Å². The van der Waals surface area contributed by atoms with Crippen molar-refractivity contribution in [2.45, 2.75) is 104 Å². The highest BCUT2D eigenvalue weighted by Crippen LogP contribution is 2.40. The monoisotopic (exact) mass is 949 g/mol. The van der Waals surface area contributed by atoms with Gasteiger partial charge in [0.2, 0.25) is 17.7 Å². The van der Waals surface area contributed by atoms with Crippen molar-refractivity contribution >= 4 is 35.8 Å². The van der Waals surface area contributed by atoms with Crippen molar-refractivity contribution in [2.24, 2.45) is 5.73 Å². The van der Waals surface area contributed by atoms with Crippen molar-refractivity contribution in [3.05, 3.63) is 107 Å². The topological polar surface area (TPSA) is 229 Å². The first kappa shape index (κ1) is 52.8. The van der Waals surface area contributed by atoms with E-state index in [-0.39, 0.29) is 38.9 Å². The van der Waals surface area contributed by atoms with Crippen molar-refractivity contribution in [2.75, 3.05) is 39.9 Å². The van der Waals surface area contributed by atoms with Crippen LogP contribution >= 0.6 is 0 Å². The predicted octanol–water partition coefficient (Wildman–Crippen LogP) is 5.96. The molecule has 0 aliphatic carbocycles. The number of aryl methyl sites for hydroxylation is 1. The van der Waals surface area contributed by atoms with Crippen LogP contribution in [0.15, 0.2) is 84.9 Å². The molecule has 4 bridgehead atoms. The molecule has 1 aliphatic rings. The summed E-state index contributed by atoms with van der Waals surface area (Å²) < 4.78 is 23.4. The fraction of sp³-hybridized carbons (Fsp3) is 0.423. The van der Waals surface area contributed by atoms with Gasteiger partial charge in [0, 0.05) is 36.3 Å². The number of amides is 6. The molecule has 0 unspecified atom stereocenters. The fourth-order valence-corrected chi connectivity index (χ4v) is 7.43. The van der Waals surface area contributed by atoms with E-state index >= 15 is 0 Å². The van der Waals surface area contributed by atoms with Crippen LogP contribution in [-0.2, 0) is 30.3 Å². The summed E-state index contributed by atoms with van der Waals surface area (Å²) >= 11 is 0. The Kier molecular flexibility index (Phi) is 17.8. The van der Waals surface area contributed by atoms with Gasteiger partial charge in [0.05, 0.1) is 13.1 Å². The molecule has 1 heterocycles. The molecule has 69 heavy (non-hydrogen) atoms. The van der Waals surface area contributed by atoms with E-state index < -0.39 is 65.1 Å². The standard InChI is InChI=1S/C52H67N7O10/c1-31-11-14-35(15-12-31)36-16-18-37(19-17-36)46(61)58-41(30-53)48(63)59(10)44-38-20-22-43(67-26-24-55-50(65)69-52(7,8)9)40(29-38)39-28-34(27-32(2)56-45(60)33(3)57-47(44)62)13-21-42(39)66-25-23-54-49(64)68-51(4,5)6/h11-22,28-29,32-33,41,44H,23-27,30,53H2,1-10H3,(H,54,64)(H,55,65)(H,56,60)(H,57,62)(H,58,61)/t32-,33+,41+,44+/m1/s1. The fourth-order valence-electron chi connectivity index (χ4n) is 7.43. The first-order valence-electron chi connectivity index (χ1n) is 23.0. The van der Waals surface area contributed by atoms with E-state index in [1.54, 1.807) is 84.9 Å². The number of hydrogen-bond acceptors (Lipinski definition) is 11. The second-order valence-electron chi connectivity index (χ2n) is 19.0. The van der Waals surface area contributed by atoms with Crippen LogP contribution in [0, 0.1) is 6.92 Å². The summed E-state index contributed by atoms with van der Waals surface area (Å²) in [6.07, 6.45) is -0.825. The molecular weight excluding hydrogens is 883 g/mol. The Morgan fingerprint density at radius 2 is 1.25 bits per heavy atom. The number of benzene rings is 4. The van der Waals surface area contributed by atoms with E-state index in [4.69, 9.17) is 24.7 Å². The molecule has 4 aromatic carbocycles. The van der Waals surface area contributed by atoms with E-state index in [1.165, 1.54) is 11.9 Å². The van der Waals surface area contributed by atoms with Crippen LogP contribution < -0.4 is 41.8 Å². The highest BCUT2D eigenvalue weighted by atomic mass is 16.6. The molecule has 370 valence electrons. The quantitative estimate of drug-likeness (QED) is 0.0809. The van der Waals surface area contributed by atoms with Gasteiger partial charge in [-0.1, -0.05) is 54.1 Å². The van der Waals surface area contributed by atoms with Crippen molar-refractivity contribution in [1.82, 2.24) is 31.5 Å². The number of alkyl carbamates (subject to hydrolysis) is 2. The lowest BCUT2D eigenvalue weighted by Crippen LogP contribution is -2.55. The Labute approximate surface area is 404 Å².